The first-order valence-corrected chi connectivity index (χ1v) is 5.74. The van der Waals surface area contributed by atoms with Gasteiger partial charge in [-0.2, -0.15) is 0 Å². The number of benzene rings is 1. The van der Waals surface area contributed by atoms with Crippen molar-refractivity contribution in [1.82, 2.24) is 9.55 Å². The van der Waals surface area contributed by atoms with Crippen molar-refractivity contribution in [3.63, 3.8) is 0 Å². The minimum Gasteiger partial charge on any atom is -0.465 e. The highest BCUT2D eigenvalue weighted by Gasteiger charge is 2.16. The first-order valence-electron chi connectivity index (χ1n) is 5.74. The third kappa shape index (κ3) is 1.63. The zero-order chi connectivity index (χ0) is 11.8. The van der Waals surface area contributed by atoms with E-state index in [1.165, 1.54) is 0 Å². The second-order valence-corrected chi connectivity index (χ2v) is 4.24. The van der Waals surface area contributed by atoms with Crippen LogP contribution in [0.25, 0.3) is 11.0 Å². The second-order valence-electron chi connectivity index (χ2n) is 4.24. The molecule has 0 atom stereocenters. The third-order valence-electron chi connectivity index (χ3n) is 3.13. The first kappa shape index (κ1) is 10.1. The van der Waals surface area contributed by atoms with Crippen molar-refractivity contribution in [2.75, 3.05) is 5.32 Å². The maximum Gasteiger partial charge on any atom is 0.409 e. The van der Waals surface area contributed by atoms with E-state index in [9.17, 15) is 4.79 Å². The van der Waals surface area contributed by atoms with E-state index in [-0.39, 0.29) is 0 Å². The molecule has 5 nitrogen and oxygen atoms in total. The van der Waals surface area contributed by atoms with Gasteiger partial charge < -0.3 is 9.67 Å². The number of imidazole rings is 1. The lowest BCUT2D eigenvalue weighted by Gasteiger charge is -2.13. The molecule has 0 saturated carbocycles. The quantitative estimate of drug-likeness (QED) is 0.792. The molecule has 1 aliphatic heterocycles. The maximum atomic E-state index is 10.7. The lowest BCUT2D eigenvalue weighted by molar-refractivity contribution is 0.210. The molecular formula is C12H13N3O2. The van der Waals surface area contributed by atoms with Gasteiger partial charge in [0.1, 0.15) is 11.3 Å². The van der Waals surface area contributed by atoms with Crippen LogP contribution in [0.2, 0.25) is 0 Å². The van der Waals surface area contributed by atoms with Crippen molar-refractivity contribution in [3.05, 3.63) is 24.0 Å². The summed E-state index contributed by atoms with van der Waals surface area (Å²) in [5, 5.41) is 11.2. The Labute approximate surface area is 98.1 Å². The topological polar surface area (TPSA) is 67.2 Å². The number of fused-ring (bicyclic) bond motifs is 3. The van der Waals surface area contributed by atoms with Gasteiger partial charge in [0.05, 0.1) is 11.2 Å². The largest absolute Gasteiger partial charge is 0.465 e. The number of hydrogen-bond donors (Lipinski definition) is 2. The molecule has 0 bridgehead atoms. The van der Waals surface area contributed by atoms with Crippen molar-refractivity contribution in [3.8, 4) is 0 Å². The minimum atomic E-state index is -1.05. The normalized spacial score (nSPS) is 14.6. The number of nitrogens with one attached hydrogen (secondary N) is 1. The van der Waals surface area contributed by atoms with Gasteiger partial charge in [0.15, 0.2) is 0 Å². The van der Waals surface area contributed by atoms with Crippen molar-refractivity contribution in [2.24, 2.45) is 0 Å². The molecule has 2 aromatic rings. The van der Waals surface area contributed by atoms with Crippen LogP contribution in [0.4, 0.5) is 10.5 Å². The van der Waals surface area contributed by atoms with Gasteiger partial charge in [-0.05, 0) is 25.0 Å². The Hall–Kier alpha value is -2.04. The van der Waals surface area contributed by atoms with Crippen LogP contribution in [-0.2, 0) is 13.0 Å². The molecule has 2 heterocycles. The van der Waals surface area contributed by atoms with Gasteiger partial charge in [-0.1, -0.05) is 6.07 Å². The molecule has 5 heteroatoms. The Balaban J connectivity index is 2.19. The van der Waals surface area contributed by atoms with Crippen LogP contribution in [0.5, 0.6) is 0 Å². The molecule has 88 valence electrons. The van der Waals surface area contributed by atoms with Gasteiger partial charge >= 0.3 is 6.09 Å². The zero-order valence-electron chi connectivity index (χ0n) is 9.31. The van der Waals surface area contributed by atoms with E-state index in [1.54, 1.807) is 6.07 Å². The van der Waals surface area contributed by atoms with Crippen LogP contribution < -0.4 is 5.32 Å². The lowest BCUT2D eigenvalue weighted by atomic mass is 10.2. The molecule has 1 aromatic heterocycles. The number of hydrogen-bond acceptors (Lipinski definition) is 2. The van der Waals surface area contributed by atoms with Crippen molar-refractivity contribution in [2.45, 2.75) is 25.8 Å². The molecule has 3 rings (SSSR count). The van der Waals surface area contributed by atoms with Gasteiger partial charge in [-0.25, -0.2) is 9.78 Å². The molecule has 0 radical (unpaired) electrons. The molecule has 0 saturated heterocycles. The summed E-state index contributed by atoms with van der Waals surface area (Å²) in [7, 11) is 0. The smallest absolute Gasteiger partial charge is 0.409 e. The summed E-state index contributed by atoms with van der Waals surface area (Å²) in [5.41, 5.74) is 2.34. The average molecular weight is 231 g/mol. The molecule has 0 spiro atoms. The number of anilines is 1. The standard InChI is InChI=1S/C12H13N3O2/c16-12(17)13-8-4-3-5-9-11(8)14-10-6-1-2-7-15(9)10/h3-5,13H,1-2,6-7H2,(H,16,17). The average Bonchev–Trinajstić information content (AvgIpc) is 2.68. The number of amides is 1. The first-order chi connectivity index (χ1) is 8.25. The van der Waals surface area contributed by atoms with E-state index < -0.39 is 6.09 Å². The van der Waals surface area contributed by atoms with Gasteiger partial charge in [0.2, 0.25) is 0 Å². The maximum absolute atomic E-state index is 10.7. The highest BCUT2D eigenvalue weighted by Crippen LogP contribution is 2.27. The number of rotatable bonds is 1. The summed E-state index contributed by atoms with van der Waals surface area (Å²) in [5.74, 6) is 1.06. The van der Waals surface area contributed by atoms with E-state index in [0.29, 0.717) is 5.69 Å². The van der Waals surface area contributed by atoms with Crippen LogP contribution in [0.3, 0.4) is 0 Å². The fourth-order valence-corrected chi connectivity index (χ4v) is 2.40. The number of nitrogens with zero attached hydrogens (tertiary/aromatic N) is 2. The number of para-hydroxylation sites is 1. The van der Waals surface area contributed by atoms with Crippen molar-refractivity contribution in [1.29, 1.82) is 0 Å². The van der Waals surface area contributed by atoms with E-state index in [1.807, 2.05) is 12.1 Å². The van der Waals surface area contributed by atoms with Crippen LogP contribution in [0.15, 0.2) is 18.2 Å². The minimum absolute atomic E-state index is 0.567. The van der Waals surface area contributed by atoms with E-state index >= 15 is 0 Å². The van der Waals surface area contributed by atoms with Gasteiger partial charge in [-0.3, -0.25) is 5.32 Å². The van der Waals surface area contributed by atoms with Gasteiger partial charge in [-0.15, -0.1) is 0 Å². The van der Waals surface area contributed by atoms with Crippen molar-refractivity contribution >= 4 is 22.8 Å². The fourth-order valence-electron chi connectivity index (χ4n) is 2.40. The van der Waals surface area contributed by atoms with Crippen LogP contribution in [0.1, 0.15) is 18.7 Å². The molecule has 1 amide bonds. The van der Waals surface area contributed by atoms with Crippen LogP contribution in [0, 0.1) is 0 Å². The predicted molar refractivity (Wildman–Crippen MR) is 64.3 cm³/mol. The summed E-state index contributed by atoms with van der Waals surface area (Å²) in [6, 6.07) is 5.59. The molecule has 17 heavy (non-hydrogen) atoms. The second kappa shape index (κ2) is 3.76. The van der Waals surface area contributed by atoms with Gasteiger partial charge in [0.25, 0.3) is 0 Å². The lowest BCUT2D eigenvalue weighted by Crippen LogP contribution is -2.09. The highest BCUT2D eigenvalue weighted by molar-refractivity contribution is 5.96. The number of aryl methyl sites for hydroxylation is 2. The monoisotopic (exact) mass is 231 g/mol. The van der Waals surface area contributed by atoms with E-state index in [2.05, 4.69) is 14.9 Å². The SMILES string of the molecule is O=C(O)Nc1cccc2c1nc1n2CCCC1. The summed E-state index contributed by atoms with van der Waals surface area (Å²) in [6.07, 6.45) is 2.24. The number of carbonyl (C=O) groups is 1. The summed E-state index contributed by atoms with van der Waals surface area (Å²) >= 11 is 0. The third-order valence-corrected chi connectivity index (χ3v) is 3.13. The molecule has 2 N–H and O–H groups in total. The summed E-state index contributed by atoms with van der Waals surface area (Å²) in [6.45, 7) is 0.975. The van der Waals surface area contributed by atoms with Crippen LogP contribution >= 0.6 is 0 Å². The molecule has 0 unspecified atom stereocenters. The molecule has 0 fully saturated rings. The van der Waals surface area contributed by atoms with E-state index in [4.69, 9.17) is 5.11 Å². The molecular weight excluding hydrogens is 218 g/mol. The Morgan fingerprint density at radius 1 is 1.41 bits per heavy atom. The molecule has 1 aliphatic rings. The van der Waals surface area contributed by atoms with Gasteiger partial charge in [0, 0.05) is 13.0 Å². The Bertz CT molecular complexity index is 589. The highest BCUT2D eigenvalue weighted by atomic mass is 16.4. The number of aromatic nitrogens is 2. The zero-order valence-corrected chi connectivity index (χ0v) is 9.31. The fraction of sp³-hybridized carbons (Fsp3) is 0.333. The number of carboxylic acid groups (broad SMARTS) is 1. The van der Waals surface area contributed by atoms with Crippen LogP contribution in [-0.4, -0.2) is 20.8 Å². The predicted octanol–water partition coefficient (Wildman–Crippen LogP) is 2.46. The Morgan fingerprint density at radius 2 is 2.29 bits per heavy atom. The Kier molecular flexibility index (Phi) is 2.24. The molecule has 1 aromatic carbocycles. The van der Waals surface area contributed by atoms with E-state index in [0.717, 1.165) is 42.7 Å². The Morgan fingerprint density at radius 3 is 3.12 bits per heavy atom. The summed E-state index contributed by atoms with van der Waals surface area (Å²) in [4.78, 5) is 15.3. The van der Waals surface area contributed by atoms with Crippen molar-refractivity contribution < 1.29 is 9.90 Å². The molecule has 0 aliphatic carbocycles. The summed E-state index contributed by atoms with van der Waals surface area (Å²) < 4.78 is 2.19.